The Hall–Kier alpha value is -3.06. The zero-order valence-electron chi connectivity index (χ0n) is 13.1. The van der Waals surface area contributed by atoms with Gasteiger partial charge in [0.1, 0.15) is 11.6 Å². The molecule has 7 heteroatoms. The molecule has 0 saturated heterocycles. The number of nitrogens with zero attached hydrogens (tertiary/aromatic N) is 2. The summed E-state index contributed by atoms with van der Waals surface area (Å²) in [5.74, 6) is -1.28. The fraction of sp³-hybridized carbons (Fsp3) is 0.111. The SMILES string of the molecule is O=C(NCC(O)c1ccc(F)cc1)c1ccn(-c2cccc(F)c2)n1. The normalized spacial score (nSPS) is 12.0. The number of nitrogens with one attached hydrogen (secondary N) is 1. The Kier molecular flexibility index (Phi) is 4.85. The van der Waals surface area contributed by atoms with Crippen molar-refractivity contribution < 1.29 is 18.7 Å². The molecule has 0 bridgehead atoms. The third kappa shape index (κ3) is 4.07. The summed E-state index contributed by atoms with van der Waals surface area (Å²) in [4.78, 5) is 12.1. The molecule has 0 spiro atoms. The summed E-state index contributed by atoms with van der Waals surface area (Å²) in [5.41, 5.74) is 1.12. The van der Waals surface area contributed by atoms with E-state index in [-0.39, 0.29) is 12.2 Å². The number of hydrogen-bond donors (Lipinski definition) is 2. The maximum Gasteiger partial charge on any atom is 0.271 e. The third-order valence-corrected chi connectivity index (χ3v) is 3.61. The van der Waals surface area contributed by atoms with Crippen LogP contribution in [0.3, 0.4) is 0 Å². The van der Waals surface area contributed by atoms with Gasteiger partial charge in [0.25, 0.3) is 5.91 Å². The van der Waals surface area contributed by atoms with Gasteiger partial charge in [-0.05, 0) is 42.0 Å². The van der Waals surface area contributed by atoms with E-state index in [2.05, 4.69) is 10.4 Å². The Labute approximate surface area is 142 Å². The van der Waals surface area contributed by atoms with Gasteiger partial charge < -0.3 is 10.4 Å². The van der Waals surface area contributed by atoms with Crippen LogP contribution in [0.25, 0.3) is 5.69 Å². The lowest BCUT2D eigenvalue weighted by Crippen LogP contribution is -2.28. The first-order chi connectivity index (χ1) is 12.0. The van der Waals surface area contributed by atoms with E-state index in [4.69, 9.17) is 0 Å². The van der Waals surface area contributed by atoms with Crippen LogP contribution >= 0.6 is 0 Å². The van der Waals surface area contributed by atoms with Crippen LogP contribution in [-0.4, -0.2) is 27.3 Å². The minimum atomic E-state index is -0.963. The topological polar surface area (TPSA) is 67.2 Å². The van der Waals surface area contributed by atoms with E-state index in [1.165, 1.54) is 47.1 Å². The molecule has 0 saturated carbocycles. The highest BCUT2D eigenvalue weighted by Crippen LogP contribution is 2.13. The Bertz CT molecular complexity index is 878. The number of benzene rings is 2. The molecule has 1 heterocycles. The fourth-order valence-corrected chi connectivity index (χ4v) is 2.29. The largest absolute Gasteiger partial charge is 0.387 e. The smallest absolute Gasteiger partial charge is 0.271 e. The van der Waals surface area contributed by atoms with Crippen LogP contribution in [-0.2, 0) is 0 Å². The molecule has 1 amide bonds. The lowest BCUT2D eigenvalue weighted by Gasteiger charge is -2.11. The van der Waals surface area contributed by atoms with Crippen molar-refractivity contribution in [1.82, 2.24) is 15.1 Å². The highest BCUT2D eigenvalue weighted by atomic mass is 19.1. The molecule has 0 aliphatic heterocycles. The van der Waals surface area contributed by atoms with Crippen LogP contribution < -0.4 is 5.32 Å². The molecule has 1 atom stereocenters. The van der Waals surface area contributed by atoms with E-state index in [9.17, 15) is 18.7 Å². The molecule has 0 radical (unpaired) electrons. The molecule has 5 nitrogen and oxygen atoms in total. The van der Waals surface area contributed by atoms with Crippen molar-refractivity contribution in [3.63, 3.8) is 0 Å². The molecule has 3 aromatic rings. The van der Waals surface area contributed by atoms with Crippen LogP contribution in [0.4, 0.5) is 8.78 Å². The van der Waals surface area contributed by atoms with Gasteiger partial charge in [-0.25, -0.2) is 13.5 Å². The molecular weight excluding hydrogens is 328 g/mol. The van der Waals surface area contributed by atoms with Crippen molar-refractivity contribution in [3.05, 3.63) is 83.7 Å². The summed E-state index contributed by atoms with van der Waals surface area (Å²) in [6, 6.07) is 12.7. The molecule has 0 aliphatic rings. The lowest BCUT2D eigenvalue weighted by molar-refractivity contribution is 0.0911. The van der Waals surface area contributed by atoms with E-state index in [1.807, 2.05) is 0 Å². The van der Waals surface area contributed by atoms with Crippen molar-refractivity contribution in [2.75, 3.05) is 6.54 Å². The third-order valence-electron chi connectivity index (χ3n) is 3.61. The van der Waals surface area contributed by atoms with Gasteiger partial charge in [0.2, 0.25) is 0 Å². The van der Waals surface area contributed by atoms with Crippen molar-refractivity contribution >= 4 is 5.91 Å². The molecule has 128 valence electrons. The first-order valence-electron chi connectivity index (χ1n) is 7.56. The number of carbonyl (C=O) groups excluding carboxylic acids is 1. The molecular formula is C18H15F2N3O2. The van der Waals surface area contributed by atoms with E-state index >= 15 is 0 Å². The molecule has 2 aromatic carbocycles. The van der Waals surface area contributed by atoms with Gasteiger partial charge in [-0.15, -0.1) is 0 Å². The van der Waals surface area contributed by atoms with Crippen molar-refractivity contribution in [1.29, 1.82) is 0 Å². The second-order valence-corrected chi connectivity index (χ2v) is 5.40. The zero-order valence-corrected chi connectivity index (χ0v) is 13.1. The number of hydrogen-bond acceptors (Lipinski definition) is 3. The van der Waals surface area contributed by atoms with Crippen molar-refractivity contribution in [3.8, 4) is 5.69 Å². The number of aliphatic hydroxyl groups excluding tert-OH is 1. The second-order valence-electron chi connectivity index (χ2n) is 5.40. The average molecular weight is 343 g/mol. The van der Waals surface area contributed by atoms with E-state index in [0.29, 0.717) is 11.3 Å². The standard InChI is InChI=1S/C18H15F2N3O2/c19-13-6-4-12(5-7-13)17(24)11-21-18(25)16-8-9-23(22-16)15-3-1-2-14(20)10-15/h1-10,17,24H,11H2,(H,21,25). The Balaban J connectivity index is 1.63. The first-order valence-corrected chi connectivity index (χ1v) is 7.56. The maximum absolute atomic E-state index is 13.2. The summed E-state index contributed by atoms with van der Waals surface area (Å²) in [7, 11) is 0. The van der Waals surface area contributed by atoms with Gasteiger partial charge in [-0.1, -0.05) is 18.2 Å². The highest BCUT2D eigenvalue weighted by Gasteiger charge is 2.13. The van der Waals surface area contributed by atoms with Gasteiger partial charge in [-0.2, -0.15) is 5.10 Å². The van der Waals surface area contributed by atoms with Gasteiger partial charge >= 0.3 is 0 Å². The number of aromatic nitrogens is 2. The second kappa shape index (κ2) is 7.23. The van der Waals surface area contributed by atoms with Gasteiger partial charge in [0.05, 0.1) is 11.8 Å². The van der Waals surface area contributed by atoms with Gasteiger partial charge in [-0.3, -0.25) is 4.79 Å². The van der Waals surface area contributed by atoms with E-state index in [1.54, 1.807) is 18.3 Å². The number of rotatable bonds is 5. The van der Waals surface area contributed by atoms with E-state index < -0.39 is 23.6 Å². The zero-order chi connectivity index (χ0) is 17.8. The van der Waals surface area contributed by atoms with Crippen LogP contribution in [0.15, 0.2) is 60.8 Å². The van der Waals surface area contributed by atoms with Crippen molar-refractivity contribution in [2.45, 2.75) is 6.10 Å². The predicted octanol–water partition coefficient (Wildman–Crippen LogP) is 2.61. The molecule has 25 heavy (non-hydrogen) atoms. The molecule has 2 N–H and O–H groups in total. The number of halogens is 2. The molecule has 1 unspecified atom stereocenters. The summed E-state index contributed by atoms with van der Waals surface area (Å²) >= 11 is 0. The average Bonchev–Trinajstić information content (AvgIpc) is 3.10. The Morgan fingerprint density at radius 1 is 1.12 bits per heavy atom. The van der Waals surface area contributed by atoms with Crippen molar-refractivity contribution in [2.24, 2.45) is 0 Å². The first kappa shape index (κ1) is 16.8. The van der Waals surface area contributed by atoms with Crippen LogP contribution in [0, 0.1) is 11.6 Å². The molecule has 1 aromatic heterocycles. The maximum atomic E-state index is 13.2. The minimum absolute atomic E-state index is 0.0444. The number of aliphatic hydroxyl groups is 1. The van der Waals surface area contributed by atoms with Crippen LogP contribution in [0.2, 0.25) is 0 Å². The monoisotopic (exact) mass is 343 g/mol. The van der Waals surface area contributed by atoms with Crippen LogP contribution in [0.1, 0.15) is 22.2 Å². The quantitative estimate of drug-likeness (QED) is 0.748. The van der Waals surface area contributed by atoms with Gasteiger partial charge in [0, 0.05) is 12.7 Å². The van der Waals surface area contributed by atoms with Gasteiger partial charge in [0.15, 0.2) is 5.69 Å². The lowest BCUT2D eigenvalue weighted by atomic mass is 10.1. The molecule has 0 fully saturated rings. The minimum Gasteiger partial charge on any atom is -0.387 e. The molecule has 3 rings (SSSR count). The Morgan fingerprint density at radius 2 is 1.88 bits per heavy atom. The van der Waals surface area contributed by atoms with E-state index in [0.717, 1.165) is 0 Å². The number of carbonyl (C=O) groups is 1. The van der Waals surface area contributed by atoms with Crippen LogP contribution in [0.5, 0.6) is 0 Å². The summed E-state index contributed by atoms with van der Waals surface area (Å²) in [5, 5.41) is 16.7. The fourth-order valence-electron chi connectivity index (χ4n) is 2.29. The molecule has 0 aliphatic carbocycles. The highest BCUT2D eigenvalue weighted by molar-refractivity contribution is 5.92. The summed E-state index contributed by atoms with van der Waals surface area (Å²) in [6.07, 6.45) is 0.579. The summed E-state index contributed by atoms with van der Waals surface area (Å²) < 4.78 is 27.5. The summed E-state index contributed by atoms with van der Waals surface area (Å²) in [6.45, 7) is -0.0444. The Morgan fingerprint density at radius 3 is 2.60 bits per heavy atom. The number of amides is 1. The predicted molar refractivity (Wildman–Crippen MR) is 87.2 cm³/mol.